The predicted octanol–water partition coefficient (Wildman–Crippen LogP) is 1.64. The third kappa shape index (κ3) is 5.68. The van der Waals surface area contributed by atoms with Gasteiger partial charge in [-0.1, -0.05) is 13.0 Å². The van der Waals surface area contributed by atoms with E-state index in [9.17, 15) is 4.79 Å². The number of aromatic nitrogens is 1. The molecule has 0 spiro atoms. The second kappa shape index (κ2) is 9.15. The normalized spacial score (nSPS) is 22.8. The van der Waals surface area contributed by atoms with Crippen molar-refractivity contribution < 1.29 is 4.79 Å². The van der Waals surface area contributed by atoms with Crippen LogP contribution in [0.5, 0.6) is 0 Å². The van der Waals surface area contributed by atoms with Gasteiger partial charge in [0.25, 0.3) is 0 Å². The summed E-state index contributed by atoms with van der Waals surface area (Å²) in [4.78, 5) is 23.5. The summed E-state index contributed by atoms with van der Waals surface area (Å²) in [7, 11) is 0. The lowest BCUT2D eigenvalue weighted by Gasteiger charge is -2.35. The van der Waals surface area contributed by atoms with Gasteiger partial charge >= 0.3 is 6.03 Å². The van der Waals surface area contributed by atoms with Crippen LogP contribution >= 0.6 is 0 Å². The van der Waals surface area contributed by atoms with Crippen molar-refractivity contribution in [1.82, 2.24) is 25.0 Å². The minimum Gasteiger partial charge on any atom is -0.337 e. The lowest BCUT2D eigenvalue weighted by Crippen LogP contribution is -2.52. The third-order valence-corrected chi connectivity index (χ3v) is 5.22. The van der Waals surface area contributed by atoms with Crippen molar-refractivity contribution >= 4 is 6.03 Å². The second-order valence-corrected chi connectivity index (χ2v) is 7.36. The van der Waals surface area contributed by atoms with Gasteiger partial charge in [-0.25, -0.2) is 4.79 Å². The number of likely N-dealkylation sites (tertiary alicyclic amines) is 1. The summed E-state index contributed by atoms with van der Waals surface area (Å²) in [6, 6.07) is 6.11. The van der Waals surface area contributed by atoms with Crippen molar-refractivity contribution in [3.63, 3.8) is 0 Å². The highest BCUT2D eigenvalue weighted by molar-refractivity contribution is 5.74. The van der Waals surface area contributed by atoms with Gasteiger partial charge in [-0.05, 0) is 37.4 Å². The molecule has 2 aliphatic rings. The SMILES string of the molecule is C[C@H]1CCCN(CCNC(=O)N2CCN(Cc3ccccn3)CC2)C1. The van der Waals surface area contributed by atoms with Crippen molar-refractivity contribution in [2.24, 2.45) is 5.92 Å². The molecule has 0 saturated carbocycles. The summed E-state index contributed by atoms with van der Waals surface area (Å²) in [5.74, 6) is 0.789. The van der Waals surface area contributed by atoms with Crippen LogP contribution in [-0.2, 0) is 6.54 Å². The van der Waals surface area contributed by atoms with Crippen LogP contribution in [0.4, 0.5) is 4.79 Å². The first-order valence-corrected chi connectivity index (χ1v) is 9.58. The number of carbonyl (C=O) groups is 1. The first-order valence-electron chi connectivity index (χ1n) is 9.58. The van der Waals surface area contributed by atoms with E-state index in [1.165, 1.54) is 25.9 Å². The Morgan fingerprint density at radius 2 is 2.04 bits per heavy atom. The Bertz CT molecular complexity index is 530. The Labute approximate surface area is 151 Å². The number of hydrogen-bond donors (Lipinski definition) is 1. The van der Waals surface area contributed by atoms with Gasteiger partial charge in [0.05, 0.1) is 5.69 Å². The van der Waals surface area contributed by atoms with Gasteiger partial charge < -0.3 is 15.1 Å². The quantitative estimate of drug-likeness (QED) is 0.881. The molecule has 138 valence electrons. The van der Waals surface area contributed by atoms with Crippen molar-refractivity contribution in [2.45, 2.75) is 26.3 Å². The molecule has 2 aliphatic heterocycles. The second-order valence-electron chi connectivity index (χ2n) is 7.36. The van der Waals surface area contributed by atoms with Gasteiger partial charge in [0.1, 0.15) is 0 Å². The molecule has 6 nitrogen and oxygen atoms in total. The van der Waals surface area contributed by atoms with Gasteiger partial charge in [-0.2, -0.15) is 0 Å². The first-order chi connectivity index (χ1) is 12.2. The molecule has 2 amide bonds. The summed E-state index contributed by atoms with van der Waals surface area (Å²) >= 11 is 0. The number of rotatable bonds is 5. The molecular weight excluding hydrogens is 314 g/mol. The van der Waals surface area contributed by atoms with Crippen molar-refractivity contribution in [2.75, 3.05) is 52.4 Å². The monoisotopic (exact) mass is 345 g/mol. The zero-order valence-electron chi connectivity index (χ0n) is 15.4. The molecule has 1 aromatic heterocycles. The lowest BCUT2D eigenvalue weighted by molar-refractivity contribution is 0.132. The van der Waals surface area contributed by atoms with E-state index in [0.29, 0.717) is 0 Å². The fourth-order valence-electron chi connectivity index (χ4n) is 3.75. The van der Waals surface area contributed by atoms with Crippen LogP contribution in [0.3, 0.4) is 0 Å². The minimum absolute atomic E-state index is 0.0857. The van der Waals surface area contributed by atoms with Crippen LogP contribution < -0.4 is 5.32 Å². The van der Waals surface area contributed by atoms with E-state index in [2.05, 4.69) is 33.1 Å². The maximum absolute atomic E-state index is 12.3. The fraction of sp³-hybridized carbons (Fsp3) is 0.684. The lowest BCUT2D eigenvalue weighted by atomic mass is 10.0. The molecule has 2 fully saturated rings. The number of piperazine rings is 1. The van der Waals surface area contributed by atoms with E-state index in [1.807, 2.05) is 23.2 Å². The Hall–Kier alpha value is -1.66. The van der Waals surface area contributed by atoms with Gasteiger partial charge in [0, 0.05) is 58.6 Å². The topological polar surface area (TPSA) is 51.7 Å². The number of urea groups is 1. The number of nitrogens with zero attached hydrogens (tertiary/aromatic N) is 4. The Balaban J connectivity index is 1.32. The number of amides is 2. The molecule has 3 heterocycles. The average molecular weight is 345 g/mol. The van der Waals surface area contributed by atoms with E-state index >= 15 is 0 Å². The first kappa shape index (κ1) is 18.1. The summed E-state index contributed by atoms with van der Waals surface area (Å²) in [5, 5.41) is 3.09. The maximum atomic E-state index is 12.3. The molecule has 0 radical (unpaired) electrons. The largest absolute Gasteiger partial charge is 0.337 e. The molecule has 1 N–H and O–H groups in total. The molecule has 2 saturated heterocycles. The van der Waals surface area contributed by atoms with E-state index in [-0.39, 0.29) is 6.03 Å². The molecule has 0 unspecified atom stereocenters. The highest BCUT2D eigenvalue weighted by atomic mass is 16.2. The van der Waals surface area contributed by atoms with E-state index in [4.69, 9.17) is 0 Å². The number of pyridine rings is 1. The van der Waals surface area contributed by atoms with Crippen molar-refractivity contribution in [3.05, 3.63) is 30.1 Å². The van der Waals surface area contributed by atoms with Crippen LogP contribution in [0.1, 0.15) is 25.5 Å². The number of piperidine rings is 1. The van der Waals surface area contributed by atoms with E-state index < -0.39 is 0 Å². The standard InChI is InChI=1S/C19H31N5O/c1-17-5-4-9-22(15-17)10-8-21-19(25)24-13-11-23(12-14-24)16-18-6-2-3-7-20-18/h2-3,6-7,17H,4-5,8-16H2,1H3,(H,21,25)/t17-/m0/s1. The molecule has 0 aliphatic carbocycles. The molecule has 25 heavy (non-hydrogen) atoms. The molecular formula is C19H31N5O. The predicted molar refractivity (Wildman–Crippen MR) is 99.3 cm³/mol. The fourth-order valence-corrected chi connectivity index (χ4v) is 3.75. The van der Waals surface area contributed by atoms with Crippen LogP contribution in [0.15, 0.2) is 24.4 Å². The zero-order chi connectivity index (χ0) is 17.5. The number of hydrogen-bond acceptors (Lipinski definition) is 4. The highest BCUT2D eigenvalue weighted by Crippen LogP contribution is 2.14. The molecule has 0 aromatic carbocycles. The highest BCUT2D eigenvalue weighted by Gasteiger charge is 2.21. The molecule has 3 rings (SSSR count). The third-order valence-electron chi connectivity index (χ3n) is 5.22. The Morgan fingerprint density at radius 1 is 1.20 bits per heavy atom. The summed E-state index contributed by atoms with van der Waals surface area (Å²) in [6.07, 6.45) is 4.46. The zero-order valence-corrected chi connectivity index (χ0v) is 15.4. The summed E-state index contributed by atoms with van der Waals surface area (Å²) in [5.41, 5.74) is 1.09. The van der Waals surface area contributed by atoms with Gasteiger partial charge in [0.2, 0.25) is 0 Å². The van der Waals surface area contributed by atoms with E-state index in [1.54, 1.807) is 0 Å². The Morgan fingerprint density at radius 3 is 2.76 bits per heavy atom. The smallest absolute Gasteiger partial charge is 0.317 e. The Kier molecular flexibility index (Phi) is 6.64. The van der Waals surface area contributed by atoms with Crippen molar-refractivity contribution in [3.8, 4) is 0 Å². The van der Waals surface area contributed by atoms with Crippen LogP contribution in [-0.4, -0.2) is 78.1 Å². The minimum atomic E-state index is 0.0857. The average Bonchev–Trinajstić information content (AvgIpc) is 2.63. The van der Waals surface area contributed by atoms with Crippen LogP contribution in [0.25, 0.3) is 0 Å². The van der Waals surface area contributed by atoms with Gasteiger partial charge in [-0.15, -0.1) is 0 Å². The molecule has 0 bridgehead atoms. The summed E-state index contributed by atoms with van der Waals surface area (Å²) in [6.45, 7) is 10.6. The maximum Gasteiger partial charge on any atom is 0.317 e. The molecule has 1 atom stereocenters. The molecule has 1 aromatic rings. The van der Waals surface area contributed by atoms with Crippen LogP contribution in [0.2, 0.25) is 0 Å². The number of carbonyl (C=O) groups excluding carboxylic acids is 1. The van der Waals surface area contributed by atoms with E-state index in [0.717, 1.165) is 57.4 Å². The van der Waals surface area contributed by atoms with Crippen molar-refractivity contribution in [1.29, 1.82) is 0 Å². The van der Waals surface area contributed by atoms with Crippen LogP contribution in [0, 0.1) is 5.92 Å². The summed E-state index contributed by atoms with van der Waals surface area (Å²) < 4.78 is 0. The number of nitrogens with one attached hydrogen (secondary N) is 1. The molecule has 6 heteroatoms. The van der Waals surface area contributed by atoms with Gasteiger partial charge in [-0.3, -0.25) is 9.88 Å². The van der Waals surface area contributed by atoms with Gasteiger partial charge in [0.15, 0.2) is 0 Å².